The standard InChI is InChI=1S/C41H28N2O/c1-41(2)34-16-6-5-15-32(34)33-19-17-29(23-35(33)41)27-11-7-10-26(21-27)28-12-8-13-30(22-28)36-24-42-39-38-31-14-4-3-9-25(31)18-20-37(38)44-40(39)43-36/h3-24H,1-2H3. The van der Waals surface area contributed by atoms with Crippen LogP contribution in [0.25, 0.3) is 77.6 Å². The molecule has 0 aliphatic heterocycles. The Kier molecular flexibility index (Phi) is 5.24. The molecule has 0 unspecified atom stereocenters. The van der Waals surface area contributed by atoms with Crippen molar-refractivity contribution in [1.82, 2.24) is 9.97 Å². The summed E-state index contributed by atoms with van der Waals surface area (Å²) < 4.78 is 6.20. The molecule has 0 atom stereocenters. The van der Waals surface area contributed by atoms with Crippen molar-refractivity contribution < 1.29 is 4.42 Å². The van der Waals surface area contributed by atoms with Gasteiger partial charge in [-0.25, -0.2) is 9.97 Å². The van der Waals surface area contributed by atoms with Crippen LogP contribution in [-0.4, -0.2) is 9.97 Å². The highest BCUT2D eigenvalue weighted by molar-refractivity contribution is 6.16. The van der Waals surface area contributed by atoms with Gasteiger partial charge < -0.3 is 4.42 Å². The van der Waals surface area contributed by atoms with E-state index in [9.17, 15) is 0 Å². The van der Waals surface area contributed by atoms with Crippen molar-refractivity contribution in [3.8, 4) is 44.6 Å². The third-order valence-electron chi connectivity index (χ3n) is 9.35. The molecule has 1 aliphatic rings. The van der Waals surface area contributed by atoms with Crippen LogP contribution in [0.2, 0.25) is 0 Å². The first-order valence-corrected chi connectivity index (χ1v) is 15.1. The highest BCUT2D eigenvalue weighted by Crippen LogP contribution is 2.49. The van der Waals surface area contributed by atoms with E-state index in [0.29, 0.717) is 5.71 Å². The van der Waals surface area contributed by atoms with Crippen LogP contribution >= 0.6 is 0 Å². The third-order valence-corrected chi connectivity index (χ3v) is 9.35. The zero-order valence-electron chi connectivity index (χ0n) is 24.5. The number of fused-ring (bicyclic) bond motifs is 8. The third kappa shape index (κ3) is 3.69. The van der Waals surface area contributed by atoms with Crippen molar-refractivity contribution in [3.63, 3.8) is 0 Å². The lowest BCUT2D eigenvalue weighted by atomic mass is 9.81. The average Bonchev–Trinajstić information content (AvgIpc) is 3.57. The van der Waals surface area contributed by atoms with Gasteiger partial charge in [-0.2, -0.15) is 0 Å². The summed E-state index contributed by atoms with van der Waals surface area (Å²) in [6.07, 6.45) is 1.86. The molecular weight excluding hydrogens is 536 g/mol. The van der Waals surface area contributed by atoms with E-state index in [2.05, 4.69) is 129 Å². The monoisotopic (exact) mass is 564 g/mol. The summed E-state index contributed by atoms with van der Waals surface area (Å²) >= 11 is 0. The number of nitrogens with zero attached hydrogens (tertiary/aromatic N) is 2. The van der Waals surface area contributed by atoms with Crippen LogP contribution in [0.1, 0.15) is 25.0 Å². The lowest BCUT2D eigenvalue weighted by Crippen LogP contribution is -2.14. The first-order valence-electron chi connectivity index (χ1n) is 15.1. The molecule has 2 aromatic heterocycles. The van der Waals surface area contributed by atoms with Crippen LogP contribution in [0.15, 0.2) is 138 Å². The molecule has 0 bridgehead atoms. The Balaban J connectivity index is 1.09. The fraction of sp³-hybridized carbons (Fsp3) is 0.0732. The van der Waals surface area contributed by atoms with Crippen molar-refractivity contribution in [2.45, 2.75) is 19.3 Å². The smallest absolute Gasteiger partial charge is 0.246 e. The van der Waals surface area contributed by atoms with Gasteiger partial charge >= 0.3 is 0 Å². The number of rotatable bonds is 3. The van der Waals surface area contributed by atoms with Crippen LogP contribution in [0, 0.1) is 0 Å². The maximum atomic E-state index is 6.20. The Labute approximate surface area is 255 Å². The van der Waals surface area contributed by atoms with E-state index in [4.69, 9.17) is 14.4 Å². The van der Waals surface area contributed by atoms with E-state index < -0.39 is 0 Å². The molecule has 8 aromatic rings. The minimum absolute atomic E-state index is 0.0248. The van der Waals surface area contributed by atoms with Gasteiger partial charge in [0.2, 0.25) is 5.71 Å². The second-order valence-corrected chi connectivity index (χ2v) is 12.3. The maximum absolute atomic E-state index is 6.20. The van der Waals surface area contributed by atoms with Crippen LogP contribution in [0.3, 0.4) is 0 Å². The summed E-state index contributed by atoms with van der Waals surface area (Å²) in [5, 5.41) is 3.31. The summed E-state index contributed by atoms with van der Waals surface area (Å²) in [6, 6.07) is 45.5. The van der Waals surface area contributed by atoms with Crippen LogP contribution in [0.4, 0.5) is 0 Å². The molecule has 0 N–H and O–H groups in total. The zero-order valence-corrected chi connectivity index (χ0v) is 24.5. The van der Waals surface area contributed by atoms with Crippen molar-refractivity contribution >= 4 is 33.0 Å². The number of hydrogen-bond donors (Lipinski definition) is 0. The highest BCUT2D eigenvalue weighted by atomic mass is 16.3. The number of benzene rings is 6. The predicted octanol–water partition coefficient (Wildman–Crippen LogP) is 10.8. The topological polar surface area (TPSA) is 38.9 Å². The van der Waals surface area contributed by atoms with E-state index in [1.807, 2.05) is 18.3 Å². The first-order chi connectivity index (χ1) is 21.5. The van der Waals surface area contributed by atoms with Crippen LogP contribution < -0.4 is 0 Å². The SMILES string of the molecule is CC1(C)c2ccccc2-c2ccc(-c3cccc(-c4cccc(-c5cnc6c(n5)oc5ccc7ccccc7c56)c4)c3)cc21. The average molecular weight is 565 g/mol. The summed E-state index contributed by atoms with van der Waals surface area (Å²) in [5.41, 5.74) is 14.1. The minimum atomic E-state index is -0.0248. The minimum Gasteiger partial charge on any atom is -0.436 e. The molecule has 3 heteroatoms. The molecule has 0 amide bonds. The molecule has 0 saturated heterocycles. The summed E-state index contributed by atoms with van der Waals surface area (Å²) in [4.78, 5) is 9.78. The largest absolute Gasteiger partial charge is 0.436 e. The lowest BCUT2D eigenvalue weighted by molar-refractivity contribution is 0.654. The molecule has 2 heterocycles. The summed E-state index contributed by atoms with van der Waals surface area (Å²) in [7, 11) is 0. The van der Waals surface area contributed by atoms with Gasteiger partial charge in [-0.3, -0.25) is 0 Å². The molecule has 6 aromatic carbocycles. The van der Waals surface area contributed by atoms with Gasteiger partial charge in [0.05, 0.1) is 17.3 Å². The van der Waals surface area contributed by atoms with Gasteiger partial charge in [-0.05, 0) is 79.5 Å². The van der Waals surface area contributed by atoms with E-state index in [-0.39, 0.29) is 5.41 Å². The normalized spacial score (nSPS) is 13.4. The molecular formula is C41H28N2O. The summed E-state index contributed by atoms with van der Waals surface area (Å²) in [6.45, 7) is 4.66. The maximum Gasteiger partial charge on any atom is 0.246 e. The molecule has 0 spiro atoms. The molecule has 9 rings (SSSR count). The molecule has 208 valence electrons. The van der Waals surface area contributed by atoms with Crippen molar-refractivity contribution in [2.75, 3.05) is 0 Å². The Bertz CT molecular complexity index is 2430. The van der Waals surface area contributed by atoms with Gasteiger partial charge in [-0.1, -0.05) is 117 Å². The Morgan fingerprint density at radius 1 is 0.568 bits per heavy atom. The van der Waals surface area contributed by atoms with E-state index in [0.717, 1.165) is 49.6 Å². The number of hydrogen-bond acceptors (Lipinski definition) is 3. The Morgan fingerprint density at radius 3 is 2.09 bits per heavy atom. The molecule has 44 heavy (non-hydrogen) atoms. The Hall–Kier alpha value is -5.54. The predicted molar refractivity (Wildman–Crippen MR) is 181 cm³/mol. The molecule has 0 fully saturated rings. The van der Waals surface area contributed by atoms with Gasteiger partial charge in [0.15, 0.2) is 0 Å². The molecule has 1 aliphatic carbocycles. The molecule has 3 nitrogen and oxygen atoms in total. The quantitative estimate of drug-likeness (QED) is 0.214. The van der Waals surface area contributed by atoms with Crippen molar-refractivity contribution in [2.24, 2.45) is 0 Å². The van der Waals surface area contributed by atoms with Crippen LogP contribution in [-0.2, 0) is 5.41 Å². The zero-order chi connectivity index (χ0) is 29.4. The lowest BCUT2D eigenvalue weighted by Gasteiger charge is -2.22. The summed E-state index contributed by atoms with van der Waals surface area (Å²) in [5.74, 6) is 0. The van der Waals surface area contributed by atoms with Gasteiger partial charge in [0, 0.05) is 11.0 Å². The molecule has 0 saturated carbocycles. The van der Waals surface area contributed by atoms with Crippen molar-refractivity contribution in [1.29, 1.82) is 0 Å². The second kappa shape index (κ2) is 9.23. The molecule has 0 radical (unpaired) electrons. The number of aromatic nitrogens is 2. The van der Waals surface area contributed by atoms with Gasteiger partial charge in [0.1, 0.15) is 11.1 Å². The van der Waals surface area contributed by atoms with E-state index in [1.165, 1.54) is 33.4 Å². The first kappa shape index (κ1) is 25.0. The van der Waals surface area contributed by atoms with E-state index >= 15 is 0 Å². The number of furan rings is 1. The van der Waals surface area contributed by atoms with Gasteiger partial charge in [-0.15, -0.1) is 0 Å². The van der Waals surface area contributed by atoms with E-state index in [1.54, 1.807) is 0 Å². The van der Waals surface area contributed by atoms with Crippen LogP contribution in [0.5, 0.6) is 0 Å². The fourth-order valence-corrected chi connectivity index (χ4v) is 7.06. The van der Waals surface area contributed by atoms with Gasteiger partial charge in [0.25, 0.3) is 0 Å². The highest BCUT2D eigenvalue weighted by Gasteiger charge is 2.35. The second-order valence-electron chi connectivity index (χ2n) is 12.3. The fourth-order valence-electron chi connectivity index (χ4n) is 7.06. The Morgan fingerprint density at radius 2 is 1.25 bits per heavy atom. The van der Waals surface area contributed by atoms with Crippen molar-refractivity contribution in [3.05, 3.63) is 145 Å².